The predicted molar refractivity (Wildman–Crippen MR) is 103 cm³/mol. The van der Waals surface area contributed by atoms with Gasteiger partial charge in [0.2, 0.25) is 0 Å². The Hall–Kier alpha value is -2.06. The zero-order valence-corrected chi connectivity index (χ0v) is 16.4. The topological polar surface area (TPSA) is 61.0 Å². The number of carbonyl (C=O) groups excluding carboxylic acids is 1. The van der Waals surface area contributed by atoms with Crippen molar-refractivity contribution < 1.29 is 18.0 Å². The molecular formula is C20H22ClF3N4O. The molecule has 29 heavy (non-hydrogen) atoms. The van der Waals surface area contributed by atoms with Gasteiger partial charge in [-0.1, -0.05) is 18.2 Å². The van der Waals surface area contributed by atoms with Crippen molar-refractivity contribution in [2.75, 3.05) is 13.1 Å². The molecule has 2 aliphatic heterocycles. The molecule has 0 spiro atoms. The first-order valence-corrected chi connectivity index (χ1v) is 9.64. The summed E-state index contributed by atoms with van der Waals surface area (Å²) in [5, 5.41) is 10.3. The monoisotopic (exact) mass is 426 g/mol. The van der Waals surface area contributed by atoms with Crippen LogP contribution in [0.15, 0.2) is 24.3 Å². The van der Waals surface area contributed by atoms with Gasteiger partial charge in [-0.3, -0.25) is 9.89 Å². The summed E-state index contributed by atoms with van der Waals surface area (Å²) in [4.78, 5) is 14.7. The number of fused-ring (bicyclic) bond motifs is 2. The second kappa shape index (κ2) is 7.32. The Morgan fingerprint density at radius 1 is 1.10 bits per heavy atom. The van der Waals surface area contributed by atoms with Crippen molar-refractivity contribution in [3.63, 3.8) is 0 Å². The van der Waals surface area contributed by atoms with Crippen LogP contribution in [0.1, 0.15) is 51.6 Å². The molecule has 2 fully saturated rings. The molecule has 3 atom stereocenters. The number of benzene rings is 1. The van der Waals surface area contributed by atoms with Crippen molar-refractivity contribution >= 4 is 18.3 Å². The lowest BCUT2D eigenvalue weighted by atomic mass is 9.91. The summed E-state index contributed by atoms with van der Waals surface area (Å²) in [7, 11) is 0. The number of H-pyrrole nitrogens is 1. The van der Waals surface area contributed by atoms with Crippen molar-refractivity contribution in [1.29, 1.82) is 0 Å². The SMILES string of the molecule is Cl.O=C(c1n[nH]c2c1CNC2)N1C[C@H]2C[C@@H](c3ccccc3C(F)(F)F)C[C@H]2C1. The summed E-state index contributed by atoms with van der Waals surface area (Å²) in [5.41, 5.74) is 2.27. The Labute approximate surface area is 172 Å². The lowest BCUT2D eigenvalue weighted by Crippen LogP contribution is -2.31. The molecule has 1 aromatic carbocycles. The van der Waals surface area contributed by atoms with Crippen LogP contribution in [0.3, 0.4) is 0 Å². The Morgan fingerprint density at radius 2 is 1.79 bits per heavy atom. The van der Waals surface area contributed by atoms with Crippen LogP contribution < -0.4 is 5.32 Å². The molecule has 0 unspecified atom stereocenters. The van der Waals surface area contributed by atoms with E-state index in [0.717, 1.165) is 11.3 Å². The largest absolute Gasteiger partial charge is 0.416 e. The van der Waals surface area contributed by atoms with Crippen molar-refractivity contribution in [2.45, 2.75) is 38.0 Å². The maximum Gasteiger partial charge on any atom is 0.416 e. The van der Waals surface area contributed by atoms with Crippen molar-refractivity contribution in [3.05, 3.63) is 52.3 Å². The molecule has 1 saturated heterocycles. The average molecular weight is 427 g/mol. The first kappa shape index (κ1) is 20.2. The van der Waals surface area contributed by atoms with Crippen LogP contribution in [-0.2, 0) is 19.3 Å². The quantitative estimate of drug-likeness (QED) is 0.769. The van der Waals surface area contributed by atoms with Gasteiger partial charge in [-0.2, -0.15) is 18.3 Å². The highest BCUT2D eigenvalue weighted by molar-refractivity contribution is 5.94. The molecule has 1 amide bonds. The van der Waals surface area contributed by atoms with Crippen LogP contribution in [-0.4, -0.2) is 34.1 Å². The number of halogens is 4. The molecule has 2 aromatic rings. The highest BCUT2D eigenvalue weighted by Gasteiger charge is 2.45. The van der Waals surface area contributed by atoms with E-state index in [1.54, 1.807) is 12.1 Å². The van der Waals surface area contributed by atoms with Gasteiger partial charge in [0.05, 0.1) is 11.3 Å². The summed E-state index contributed by atoms with van der Waals surface area (Å²) in [6.45, 7) is 2.54. The van der Waals surface area contributed by atoms with Gasteiger partial charge in [0.15, 0.2) is 5.69 Å². The number of nitrogens with one attached hydrogen (secondary N) is 2. The van der Waals surface area contributed by atoms with Crippen LogP contribution in [0, 0.1) is 11.8 Å². The van der Waals surface area contributed by atoms with E-state index in [1.165, 1.54) is 12.1 Å². The molecule has 5 rings (SSSR count). The van der Waals surface area contributed by atoms with E-state index < -0.39 is 11.7 Å². The molecule has 2 N–H and O–H groups in total. The molecular weight excluding hydrogens is 405 g/mol. The second-order valence-corrected chi connectivity index (χ2v) is 8.12. The molecule has 1 aliphatic carbocycles. The first-order valence-electron chi connectivity index (χ1n) is 9.64. The summed E-state index contributed by atoms with van der Waals surface area (Å²) in [6.07, 6.45) is -2.94. The molecule has 1 saturated carbocycles. The van der Waals surface area contributed by atoms with Crippen molar-refractivity contribution in [1.82, 2.24) is 20.4 Å². The van der Waals surface area contributed by atoms with E-state index >= 15 is 0 Å². The third-order valence-corrected chi connectivity index (χ3v) is 6.50. The molecule has 0 bridgehead atoms. The lowest BCUT2D eigenvalue weighted by molar-refractivity contribution is -0.138. The van der Waals surface area contributed by atoms with Crippen LogP contribution >= 0.6 is 12.4 Å². The Kier molecular flexibility index (Phi) is 5.11. The predicted octanol–water partition coefficient (Wildman–Crippen LogP) is 3.72. The Balaban J connectivity index is 0.00000205. The normalized spacial score (nSPS) is 25.6. The number of likely N-dealkylation sites (tertiary alicyclic amines) is 1. The second-order valence-electron chi connectivity index (χ2n) is 8.12. The van der Waals surface area contributed by atoms with Gasteiger partial charge in [0.25, 0.3) is 5.91 Å². The zero-order chi connectivity index (χ0) is 19.5. The molecule has 3 heterocycles. The third kappa shape index (κ3) is 3.42. The van der Waals surface area contributed by atoms with Gasteiger partial charge in [-0.15, -0.1) is 12.4 Å². The van der Waals surface area contributed by atoms with Gasteiger partial charge in [0, 0.05) is 31.7 Å². The molecule has 0 radical (unpaired) electrons. The minimum absolute atomic E-state index is 0. The fraction of sp³-hybridized carbons (Fsp3) is 0.500. The van der Waals surface area contributed by atoms with E-state index in [9.17, 15) is 18.0 Å². The summed E-state index contributed by atoms with van der Waals surface area (Å²) in [5.74, 6) is 0.340. The summed E-state index contributed by atoms with van der Waals surface area (Å²) < 4.78 is 40.1. The maximum absolute atomic E-state index is 13.4. The number of aromatic amines is 1. The van der Waals surface area contributed by atoms with Gasteiger partial charge in [-0.05, 0) is 42.2 Å². The lowest BCUT2D eigenvalue weighted by Gasteiger charge is -2.21. The fourth-order valence-electron chi connectivity index (χ4n) is 5.21. The molecule has 156 valence electrons. The van der Waals surface area contributed by atoms with Crippen LogP contribution in [0.5, 0.6) is 0 Å². The molecule has 3 aliphatic rings. The first-order chi connectivity index (χ1) is 13.4. The zero-order valence-electron chi connectivity index (χ0n) is 15.6. The number of nitrogens with zero attached hydrogens (tertiary/aromatic N) is 2. The Morgan fingerprint density at radius 3 is 2.48 bits per heavy atom. The summed E-state index contributed by atoms with van der Waals surface area (Å²) >= 11 is 0. The third-order valence-electron chi connectivity index (χ3n) is 6.50. The fourth-order valence-corrected chi connectivity index (χ4v) is 5.21. The number of amides is 1. The standard InChI is InChI=1S/C20H21F3N4O.ClH/c21-20(22,23)16-4-2-1-3-14(16)11-5-12-9-27(10-13(12)6-11)19(28)18-15-7-24-8-17(15)25-26-18;/h1-4,11-13,24H,5-10H2,(H,25,26);1H/t11-,12-,13+;. The van der Waals surface area contributed by atoms with Crippen molar-refractivity contribution in [2.24, 2.45) is 11.8 Å². The van der Waals surface area contributed by atoms with Crippen LogP contribution in [0.4, 0.5) is 13.2 Å². The number of alkyl halides is 3. The van der Waals surface area contributed by atoms with Crippen molar-refractivity contribution in [3.8, 4) is 0 Å². The average Bonchev–Trinajstić information content (AvgIpc) is 3.39. The highest BCUT2D eigenvalue weighted by atomic mass is 35.5. The van der Waals surface area contributed by atoms with Gasteiger partial charge in [0.1, 0.15) is 0 Å². The number of carbonyl (C=O) groups is 1. The Bertz CT molecular complexity index is 915. The van der Waals surface area contributed by atoms with E-state index in [2.05, 4.69) is 15.5 Å². The molecule has 5 nitrogen and oxygen atoms in total. The number of hydrogen-bond acceptors (Lipinski definition) is 3. The minimum Gasteiger partial charge on any atom is -0.337 e. The maximum atomic E-state index is 13.4. The number of aromatic nitrogens is 2. The van der Waals surface area contributed by atoms with Gasteiger partial charge >= 0.3 is 6.18 Å². The van der Waals surface area contributed by atoms with Crippen LogP contribution in [0.2, 0.25) is 0 Å². The smallest absolute Gasteiger partial charge is 0.337 e. The molecule has 9 heteroatoms. The minimum atomic E-state index is -4.33. The van der Waals surface area contributed by atoms with E-state index in [4.69, 9.17) is 0 Å². The van der Waals surface area contributed by atoms with E-state index in [1.807, 2.05) is 4.90 Å². The van der Waals surface area contributed by atoms with Gasteiger partial charge in [-0.25, -0.2) is 0 Å². The number of hydrogen-bond donors (Lipinski definition) is 2. The highest BCUT2D eigenvalue weighted by Crippen LogP contribution is 2.49. The van der Waals surface area contributed by atoms with Gasteiger partial charge < -0.3 is 10.2 Å². The van der Waals surface area contributed by atoms with E-state index in [-0.39, 0.29) is 36.1 Å². The van der Waals surface area contributed by atoms with E-state index in [0.29, 0.717) is 50.3 Å². The summed E-state index contributed by atoms with van der Waals surface area (Å²) in [6, 6.07) is 5.91. The number of rotatable bonds is 2. The molecule has 1 aromatic heterocycles. The van der Waals surface area contributed by atoms with Crippen LogP contribution in [0.25, 0.3) is 0 Å².